The normalized spacial score (nSPS) is 15.8. The summed E-state index contributed by atoms with van der Waals surface area (Å²) in [7, 11) is 2.15. The van der Waals surface area contributed by atoms with E-state index >= 15 is 0 Å². The van der Waals surface area contributed by atoms with E-state index in [0.29, 0.717) is 12.0 Å². The van der Waals surface area contributed by atoms with Crippen LogP contribution in [0.1, 0.15) is 19.4 Å². The van der Waals surface area contributed by atoms with Gasteiger partial charge in [-0.25, -0.2) is 0 Å². The molecule has 0 aliphatic carbocycles. The Kier molecular flexibility index (Phi) is 5.25. The Balaban J connectivity index is 1.79. The van der Waals surface area contributed by atoms with Crippen molar-refractivity contribution in [2.45, 2.75) is 26.4 Å². The second-order valence-electron chi connectivity index (χ2n) is 6.61. The van der Waals surface area contributed by atoms with E-state index in [9.17, 15) is 0 Å². The van der Waals surface area contributed by atoms with Crippen LogP contribution in [0.3, 0.4) is 0 Å². The maximum absolute atomic E-state index is 4.80. The summed E-state index contributed by atoms with van der Waals surface area (Å²) in [6, 6.07) is 10.7. The zero-order chi connectivity index (χ0) is 16.9. The Labute approximate surface area is 144 Å². The molecular weight excluding hydrogens is 300 g/mol. The summed E-state index contributed by atoms with van der Waals surface area (Å²) in [5, 5.41) is 8.51. The number of piperazine rings is 1. The van der Waals surface area contributed by atoms with Crippen molar-refractivity contribution in [2.75, 3.05) is 43.0 Å². The molecule has 6 nitrogen and oxygen atoms in total. The van der Waals surface area contributed by atoms with Crippen molar-refractivity contribution in [1.29, 1.82) is 0 Å². The van der Waals surface area contributed by atoms with E-state index < -0.39 is 0 Å². The molecule has 6 heteroatoms. The first-order chi connectivity index (χ1) is 11.6. The summed E-state index contributed by atoms with van der Waals surface area (Å²) in [6.07, 6.45) is 1.77. The van der Waals surface area contributed by atoms with Crippen LogP contribution in [0.2, 0.25) is 0 Å². The van der Waals surface area contributed by atoms with Gasteiger partial charge in [0.15, 0.2) is 5.82 Å². The number of nitrogens with zero attached hydrogens (tertiary/aromatic N) is 6. The van der Waals surface area contributed by atoms with Crippen LogP contribution in [0.15, 0.2) is 36.5 Å². The fraction of sp³-hybridized carbons (Fsp3) is 0.500. The number of hydrogen-bond acceptors (Lipinski definition) is 6. The minimum Gasteiger partial charge on any atom is -0.353 e. The lowest BCUT2D eigenvalue weighted by Gasteiger charge is -2.33. The average Bonchev–Trinajstić information content (AvgIpc) is 2.61. The number of anilines is 2. The van der Waals surface area contributed by atoms with Crippen LogP contribution in [0.25, 0.3) is 0 Å². The fourth-order valence-electron chi connectivity index (χ4n) is 2.86. The van der Waals surface area contributed by atoms with Gasteiger partial charge in [0.25, 0.3) is 0 Å². The second kappa shape index (κ2) is 7.57. The van der Waals surface area contributed by atoms with Gasteiger partial charge in [0, 0.05) is 38.8 Å². The van der Waals surface area contributed by atoms with Gasteiger partial charge in [0.2, 0.25) is 5.95 Å². The van der Waals surface area contributed by atoms with E-state index in [-0.39, 0.29) is 0 Å². The van der Waals surface area contributed by atoms with Crippen LogP contribution in [0, 0.1) is 0 Å². The first kappa shape index (κ1) is 16.6. The summed E-state index contributed by atoms with van der Waals surface area (Å²) in [5.74, 6) is 1.62. The zero-order valence-corrected chi connectivity index (χ0v) is 14.8. The number of benzene rings is 1. The van der Waals surface area contributed by atoms with Gasteiger partial charge in [-0.15, -0.1) is 5.10 Å². The molecule has 0 bridgehead atoms. The third-order valence-electron chi connectivity index (χ3n) is 4.44. The summed E-state index contributed by atoms with van der Waals surface area (Å²) < 4.78 is 0. The maximum Gasteiger partial charge on any atom is 0.247 e. The van der Waals surface area contributed by atoms with Gasteiger partial charge in [-0.1, -0.05) is 30.3 Å². The molecule has 0 atom stereocenters. The summed E-state index contributed by atoms with van der Waals surface area (Å²) >= 11 is 0. The van der Waals surface area contributed by atoms with Crippen LogP contribution in [-0.4, -0.2) is 59.3 Å². The Morgan fingerprint density at radius 2 is 1.79 bits per heavy atom. The quantitative estimate of drug-likeness (QED) is 0.838. The molecule has 2 aromatic rings. The largest absolute Gasteiger partial charge is 0.353 e. The van der Waals surface area contributed by atoms with Crippen molar-refractivity contribution >= 4 is 11.8 Å². The Bertz CT molecular complexity index is 637. The molecule has 0 spiro atoms. The van der Waals surface area contributed by atoms with Gasteiger partial charge < -0.3 is 14.7 Å². The highest BCUT2D eigenvalue weighted by molar-refractivity contribution is 5.43. The number of hydrogen-bond donors (Lipinski definition) is 0. The average molecular weight is 326 g/mol. The van der Waals surface area contributed by atoms with Crippen LogP contribution >= 0.6 is 0 Å². The third-order valence-corrected chi connectivity index (χ3v) is 4.44. The van der Waals surface area contributed by atoms with E-state index in [0.717, 1.165) is 38.5 Å². The molecule has 24 heavy (non-hydrogen) atoms. The van der Waals surface area contributed by atoms with E-state index in [1.807, 2.05) is 6.07 Å². The predicted octanol–water partition coefficient (Wildman–Crippen LogP) is 2.04. The van der Waals surface area contributed by atoms with E-state index in [4.69, 9.17) is 4.98 Å². The molecule has 1 saturated heterocycles. The molecule has 1 fully saturated rings. The number of aromatic nitrogens is 3. The minimum atomic E-state index is 0.301. The molecule has 128 valence electrons. The highest BCUT2D eigenvalue weighted by Crippen LogP contribution is 2.19. The van der Waals surface area contributed by atoms with Crippen molar-refractivity contribution in [3.05, 3.63) is 42.1 Å². The number of likely N-dealkylation sites (N-methyl/N-ethyl adjacent to an activating group) is 1. The standard InChI is InChI=1S/C18H26N6/c1-15(2)24(14-16-7-5-4-6-8-16)18-20-17(13-19-21-18)23-11-9-22(3)10-12-23/h4-8,13,15H,9-12,14H2,1-3H3. The van der Waals surface area contributed by atoms with E-state index in [1.165, 1.54) is 5.56 Å². The van der Waals surface area contributed by atoms with Crippen molar-refractivity contribution in [1.82, 2.24) is 20.1 Å². The summed E-state index contributed by atoms with van der Waals surface area (Å²) in [6.45, 7) is 9.18. The molecule has 0 unspecified atom stereocenters. The Morgan fingerprint density at radius 1 is 1.08 bits per heavy atom. The van der Waals surface area contributed by atoms with Gasteiger partial charge in [0.05, 0.1) is 6.20 Å². The molecule has 3 rings (SSSR count). The van der Waals surface area contributed by atoms with Crippen LogP contribution in [-0.2, 0) is 6.54 Å². The Hall–Kier alpha value is -2.21. The lowest BCUT2D eigenvalue weighted by molar-refractivity contribution is 0.312. The first-order valence-electron chi connectivity index (χ1n) is 8.57. The lowest BCUT2D eigenvalue weighted by atomic mass is 10.2. The lowest BCUT2D eigenvalue weighted by Crippen LogP contribution is -2.45. The van der Waals surface area contributed by atoms with Crippen molar-refractivity contribution in [2.24, 2.45) is 0 Å². The topological polar surface area (TPSA) is 48.4 Å². The maximum atomic E-state index is 4.80. The molecule has 1 aromatic heterocycles. The van der Waals surface area contributed by atoms with Crippen LogP contribution in [0.5, 0.6) is 0 Å². The van der Waals surface area contributed by atoms with Crippen molar-refractivity contribution in [3.8, 4) is 0 Å². The molecule has 0 N–H and O–H groups in total. The Morgan fingerprint density at radius 3 is 2.46 bits per heavy atom. The van der Waals surface area contributed by atoms with E-state index in [2.05, 4.69) is 70.1 Å². The molecule has 1 aliphatic heterocycles. The highest BCUT2D eigenvalue weighted by Gasteiger charge is 2.19. The molecule has 2 heterocycles. The number of rotatable bonds is 5. The van der Waals surface area contributed by atoms with Crippen molar-refractivity contribution < 1.29 is 0 Å². The second-order valence-corrected chi connectivity index (χ2v) is 6.61. The summed E-state index contributed by atoms with van der Waals surface area (Å²) in [4.78, 5) is 11.6. The van der Waals surface area contributed by atoms with Gasteiger partial charge in [-0.05, 0) is 26.5 Å². The fourth-order valence-corrected chi connectivity index (χ4v) is 2.86. The van der Waals surface area contributed by atoms with Crippen LogP contribution in [0.4, 0.5) is 11.8 Å². The molecule has 1 aromatic carbocycles. The van der Waals surface area contributed by atoms with Crippen LogP contribution < -0.4 is 9.80 Å². The first-order valence-corrected chi connectivity index (χ1v) is 8.57. The van der Waals surface area contributed by atoms with Gasteiger partial charge >= 0.3 is 0 Å². The predicted molar refractivity (Wildman–Crippen MR) is 97.3 cm³/mol. The minimum absolute atomic E-state index is 0.301. The van der Waals surface area contributed by atoms with Gasteiger partial charge in [-0.3, -0.25) is 0 Å². The van der Waals surface area contributed by atoms with Gasteiger partial charge in [-0.2, -0.15) is 10.1 Å². The summed E-state index contributed by atoms with van der Waals surface area (Å²) in [5.41, 5.74) is 1.25. The molecule has 0 saturated carbocycles. The molecular formula is C18H26N6. The monoisotopic (exact) mass is 326 g/mol. The smallest absolute Gasteiger partial charge is 0.247 e. The highest BCUT2D eigenvalue weighted by atomic mass is 15.4. The molecule has 0 radical (unpaired) electrons. The van der Waals surface area contributed by atoms with Gasteiger partial charge in [0.1, 0.15) is 0 Å². The third kappa shape index (κ3) is 4.00. The SMILES string of the molecule is CC(C)N(Cc1ccccc1)c1nncc(N2CCN(C)CC2)n1. The zero-order valence-electron chi connectivity index (χ0n) is 14.8. The molecule has 0 amide bonds. The van der Waals surface area contributed by atoms with E-state index in [1.54, 1.807) is 6.20 Å². The van der Waals surface area contributed by atoms with Crippen molar-refractivity contribution in [3.63, 3.8) is 0 Å². The molecule has 1 aliphatic rings.